The van der Waals surface area contributed by atoms with Crippen molar-refractivity contribution in [2.75, 3.05) is 13.1 Å². The van der Waals surface area contributed by atoms with Gasteiger partial charge < -0.3 is 18.6 Å². The second-order valence-electron chi connectivity index (χ2n) is 6.88. The van der Waals surface area contributed by atoms with E-state index in [4.69, 9.17) is 9.15 Å². The van der Waals surface area contributed by atoms with Crippen LogP contribution in [0.4, 0.5) is 0 Å². The summed E-state index contributed by atoms with van der Waals surface area (Å²) in [6.45, 7) is 2.71. The summed E-state index contributed by atoms with van der Waals surface area (Å²) < 4.78 is 13.9. The SMILES string of the molecule is O=C(C1CC1)N1CCC2(C1)Cn1c(-c3ccco3)cnc1CO2. The van der Waals surface area contributed by atoms with Crippen LogP contribution in [0, 0.1) is 5.92 Å². The van der Waals surface area contributed by atoms with Gasteiger partial charge in [-0.05, 0) is 31.4 Å². The summed E-state index contributed by atoms with van der Waals surface area (Å²) in [6, 6.07) is 3.83. The number of carbonyl (C=O) groups excluding carboxylic acids is 1. The average molecular weight is 313 g/mol. The van der Waals surface area contributed by atoms with Gasteiger partial charge in [0, 0.05) is 12.5 Å². The topological polar surface area (TPSA) is 60.5 Å². The van der Waals surface area contributed by atoms with E-state index in [1.54, 1.807) is 6.26 Å². The summed E-state index contributed by atoms with van der Waals surface area (Å²) in [7, 11) is 0. The lowest BCUT2D eigenvalue weighted by Gasteiger charge is -2.35. The van der Waals surface area contributed by atoms with Crippen molar-refractivity contribution < 1.29 is 13.9 Å². The van der Waals surface area contributed by atoms with Crippen LogP contribution in [0.25, 0.3) is 11.5 Å². The molecule has 6 heteroatoms. The van der Waals surface area contributed by atoms with Crippen molar-refractivity contribution in [1.29, 1.82) is 0 Å². The van der Waals surface area contributed by atoms with Gasteiger partial charge in [-0.3, -0.25) is 4.79 Å². The highest BCUT2D eigenvalue weighted by molar-refractivity contribution is 5.81. The van der Waals surface area contributed by atoms with Crippen molar-refractivity contribution in [2.45, 2.75) is 38.0 Å². The van der Waals surface area contributed by atoms with Gasteiger partial charge in [0.1, 0.15) is 23.7 Å². The maximum Gasteiger partial charge on any atom is 0.225 e. The molecule has 6 nitrogen and oxygen atoms in total. The van der Waals surface area contributed by atoms with Crippen molar-refractivity contribution in [3.63, 3.8) is 0 Å². The highest BCUT2D eigenvalue weighted by Crippen LogP contribution is 2.38. The molecule has 1 spiro atoms. The molecule has 4 heterocycles. The van der Waals surface area contributed by atoms with Crippen LogP contribution in [-0.2, 0) is 22.7 Å². The molecule has 23 heavy (non-hydrogen) atoms. The number of fused-ring (bicyclic) bond motifs is 1. The molecule has 1 unspecified atom stereocenters. The van der Waals surface area contributed by atoms with E-state index in [2.05, 4.69) is 9.55 Å². The maximum absolute atomic E-state index is 12.3. The Bertz CT molecular complexity index is 747. The minimum atomic E-state index is -0.278. The van der Waals surface area contributed by atoms with E-state index >= 15 is 0 Å². The lowest BCUT2D eigenvalue weighted by atomic mass is 10.0. The molecule has 0 bridgehead atoms. The molecule has 5 rings (SSSR count). The number of imidazole rings is 1. The molecule has 2 aliphatic heterocycles. The van der Waals surface area contributed by atoms with Gasteiger partial charge in [-0.2, -0.15) is 0 Å². The molecule has 0 aromatic carbocycles. The number of hydrogen-bond donors (Lipinski definition) is 0. The molecule has 1 amide bonds. The van der Waals surface area contributed by atoms with Gasteiger partial charge in [0.25, 0.3) is 0 Å². The number of likely N-dealkylation sites (tertiary alicyclic amines) is 1. The van der Waals surface area contributed by atoms with Crippen LogP contribution in [-0.4, -0.2) is 39.0 Å². The first-order valence-electron chi connectivity index (χ1n) is 8.25. The van der Waals surface area contributed by atoms with Crippen molar-refractivity contribution in [3.05, 3.63) is 30.4 Å². The molecule has 2 aromatic heterocycles. The number of nitrogens with zero attached hydrogens (tertiary/aromatic N) is 3. The number of carbonyl (C=O) groups is 1. The van der Waals surface area contributed by atoms with Gasteiger partial charge in [0.15, 0.2) is 5.76 Å². The summed E-state index contributed by atoms with van der Waals surface area (Å²) in [6.07, 6.45) is 6.52. The fourth-order valence-corrected chi connectivity index (χ4v) is 3.75. The van der Waals surface area contributed by atoms with Gasteiger partial charge in [0.05, 0.1) is 25.5 Å². The Morgan fingerprint density at radius 2 is 2.26 bits per heavy atom. The third-order valence-electron chi connectivity index (χ3n) is 5.22. The number of amides is 1. The first-order valence-corrected chi connectivity index (χ1v) is 8.25. The van der Waals surface area contributed by atoms with Crippen molar-refractivity contribution in [3.8, 4) is 11.5 Å². The summed E-state index contributed by atoms with van der Waals surface area (Å²) in [5, 5.41) is 0. The number of hydrogen-bond acceptors (Lipinski definition) is 4. The highest BCUT2D eigenvalue weighted by atomic mass is 16.5. The van der Waals surface area contributed by atoms with E-state index in [-0.39, 0.29) is 11.5 Å². The molecule has 2 fully saturated rings. The minimum Gasteiger partial charge on any atom is -0.463 e. The third-order valence-corrected chi connectivity index (χ3v) is 5.22. The molecule has 0 radical (unpaired) electrons. The van der Waals surface area contributed by atoms with Crippen LogP contribution >= 0.6 is 0 Å². The Kier molecular flexibility index (Phi) is 2.74. The van der Waals surface area contributed by atoms with Gasteiger partial charge >= 0.3 is 0 Å². The zero-order chi connectivity index (χ0) is 15.4. The number of furan rings is 1. The molecule has 2 aromatic rings. The van der Waals surface area contributed by atoms with E-state index in [9.17, 15) is 4.79 Å². The van der Waals surface area contributed by atoms with E-state index in [0.717, 1.165) is 49.6 Å². The van der Waals surface area contributed by atoms with Crippen LogP contribution in [0.5, 0.6) is 0 Å². The third kappa shape index (κ3) is 2.12. The Balaban J connectivity index is 1.42. The lowest BCUT2D eigenvalue weighted by Crippen LogP contribution is -2.45. The zero-order valence-electron chi connectivity index (χ0n) is 12.9. The number of aromatic nitrogens is 2. The van der Waals surface area contributed by atoms with Crippen molar-refractivity contribution in [2.24, 2.45) is 5.92 Å². The molecule has 120 valence electrons. The molecule has 1 saturated carbocycles. The van der Waals surface area contributed by atoms with Crippen LogP contribution in [0.3, 0.4) is 0 Å². The summed E-state index contributed by atoms with van der Waals surface area (Å²) in [4.78, 5) is 18.8. The predicted molar refractivity (Wildman–Crippen MR) is 81.4 cm³/mol. The molecule has 1 saturated heterocycles. The number of ether oxygens (including phenoxy) is 1. The largest absolute Gasteiger partial charge is 0.463 e. The van der Waals surface area contributed by atoms with Crippen LogP contribution in [0.15, 0.2) is 29.0 Å². The van der Waals surface area contributed by atoms with Gasteiger partial charge in [-0.25, -0.2) is 4.98 Å². The van der Waals surface area contributed by atoms with Crippen LogP contribution < -0.4 is 0 Å². The molecule has 1 aliphatic carbocycles. The number of rotatable bonds is 2. The first-order chi connectivity index (χ1) is 11.2. The van der Waals surface area contributed by atoms with Crippen LogP contribution in [0.1, 0.15) is 25.1 Å². The van der Waals surface area contributed by atoms with E-state index < -0.39 is 0 Å². The molecule has 3 aliphatic rings. The Hall–Kier alpha value is -2.08. The Morgan fingerprint density at radius 1 is 1.35 bits per heavy atom. The monoisotopic (exact) mass is 313 g/mol. The Labute approximate surface area is 134 Å². The summed E-state index contributed by atoms with van der Waals surface area (Å²) in [5.41, 5.74) is 0.708. The van der Waals surface area contributed by atoms with Crippen molar-refractivity contribution in [1.82, 2.24) is 14.5 Å². The van der Waals surface area contributed by atoms with E-state index in [1.807, 2.05) is 23.2 Å². The molecule has 0 N–H and O–H groups in total. The summed E-state index contributed by atoms with van der Waals surface area (Å²) in [5.74, 6) is 2.34. The minimum absolute atomic E-state index is 0.274. The van der Waals surface area contributed by atoms with Crippen molar-refractivity contribution >= 4 is 5.91 Å². The predicted octanol–water partition coefficient (Wildman–Crippen LogP) is 2.05. The standard InChI is InChI=1S/C17H19N3O3/c21-16(12-3-4-12)19-6-5-17(10-19)11-20-13(14-2-1-7-22-14)8-18-15(20)9-23-17/h1-2,7-8,12H,3-6,9-11H2. The Morgan fingerprint density at radius 3 is 3.04 bits per heavy atom. The quantitative estimate of drug-likeness (QED) is 0.851. The lowest BCUT2D eigenvalue weighted by molar-refractivity contribution is -0.134. The highest BCUT2D eigenvalue weighted by Gasteiger charge is 2.46. The zero-order valence-corrected chi connectivity index (χ0v) is 12.9. The van der Waals surface area contributed by atoms with Gasteiger partial charge in [-0.15, -0.1) is 0 Å². The van der Waals surface area contributed by atoms with E-state index in [1.165, 1.54) is 0 Å². The normalized spacial score (nSPS) is 26.7. The second kappa shape index (κ2) is 4.71. The smallest absolute Gasteiger partial charge is 0.225 e. The molecular formula is C17H19N3O3. The van der Waals surface area contributed by atoms with Gasteiger partial charge in [-0.1, -0.05) is 0 Å². The van der Waals surface area contributed by atoms with Crippen LogP contribution in [0.2, 0.25) is 0 Å². The average Bonchev–Trinajstić information content (AvgIpc) is 2.98. The maximum atomic E-state index is 12.3. The first kappa shape index (κ1) is 13.4. The second-order valence-corrected chi connectivity index (χ2v) is 6.88. The molecular weight excluding hydrogens is 294 g/mol. The summed E-state index contributed by atoms with van der Waals surface area (Å²) >= 11 is 0. The fraction of sp³-hybridized carbons (Fsp3) is 0.529. The molecule has 1 atom stereocenters. The van der Waals surface area contributed by atoms with E-state index in [0.29, 0.717) is 19.1 Å². The fourth-order valence-electron chi connectivity index (χ4n) is 3.75. The van der Waals surface area contributed by atoms with Gasteiger partial charge in [0.2, 0.25) is 5.91 Å².